The zero-order valence-corrected chi connectivity index (χ0v) is 15.5. The smallest absolute Gasteiger partial charge is 0.255 e. The van der Waals surface area contributed by atoms with Gasteiger partial charge in [0.05, 0.1) is 32.9 Å². The van der Waals surface area contributed by atoms with Crippen LogP contribution in [0.1, 0.15) is 10.4 Å². The van der Waals surface area contributed by atoms with E-state index in [0.717, 1.165) is 0 Å². The second kappa shape index (κ2) is 8.08. The lowest BCUT2D eigenvalue weighted by Crippen LogP contribution is -2.35. The van der Waals surface area contributed by atoms with E-state index in [1.54, 1.807) is 24.3 Å². The number of benzene rings is 2. The molecule has 0 aromatic heterocycles. The lowest BCUT2D eigenvalue weighted by atomic mass is 10.2. The fourth-order valence-electron chi connectivity index (χ4n) is 1.95. The van der Waals surface area contributed by atoms with Gasteiger partial charge in [-0.25, -0.2) is 0 Å². The van der Waals surface area contributed by atoms with Crippen molar-refractivity contribution in [3.63, 3.8) is 0 Å². The van der Waals surface area contributed by atoms with Crippen molar-refractivity contribution in [1.29, 1.82) is 0 Å². The SMILES string of the molecule is CN(CC(=O)Nc1c(Cl)cccc1Cl)C(=O)c1ccc(Cl)cc1Cl. The van der Waals surface area contributed by atoms with Crippen LogP contribution in [0.5, 0.6) is 0 Å². The maximum atomic E-state index is 12.4. The van der Waals surface area contributed by atoms with Gasteiger partial charge < -0.3 is 10.2 Å². The summed E-state index contributed by atoms with van der Waals surface area (Å²) in [4.78, 5) is 25.7. The van der Waals surface area contributed by atoms with E-state index in [1.165, 1.54) is 24.1 Å². The van der Waals surface area contributed by atoms with E-state index in [4.69, 9.17) is 46.4 Å². The van der Waals surface area contributed by atoms with E-state index >= 15 is 0 Å². The molecule has 0 aliphatic heterocycles. The first-order chi connectivity index (χ1) is 11.3. The first-order valence-electron chi connectivity index (χ1n) is 6.74. The van der Waals surface area contributed by atoms with Crippen molar-refractivity contribution in [1.82, 2.24) is 4.90 Å². The van der Waals surface area contributed by atoms with E-state index in [1.807, 2.05) is 0 Å². The Balaban J connectivity index is 2.07. The zero-order chi connectivity index (χ0) is 17.9. The molecule has 2 aromatic rings. The number of anilines is 1. The summed E-state index contributed by atoms with van der Waals surface area (Å²) in [7, 11) is 1.49. The minimum atomic E-state index is -0.439. The monoisotopic (exact) mass is 404 g/mol. The normalized spacial score (nSPS) is 10.4. The molecule has 0 saturated carbocycles. The number of carbonyl (C=O) groups is 2. The second-order valence-electron chi connectivity index (χ2n) is 4.93. The summed E-state index contributed by atoms with van der Waals surface area (Å²) < 4.78 is 0. The molecule has 0 fully saturated rings. The highest BCUT2D eigenvalue weighted by atomic mass is 35.5. The molecule has 2 amide bonds. The standard InChI is InChI=1S/C16H12Cl4N2O2/c1-22(16(24)10-6-5-9(17)7-13(10)20)8-14(23)21-15-11(18)3-2-4-12(15)19/h2-7H,8H2,1H3,(H,21,23). The van der Waals surface area contributed by atoms with Gasteiger partial charge in [-0.2, -0.15) is 0 Å². The van der Waals surface area contributed by atoms with Gasteiger partial charge >= 0.3 is 0 Å². The predicted molar refractivity (Wildman–Crippen MR) is 98.5 cm³/mol. The predicted octanol–water partition coefficient (Wildman–Crippen LogP) is 5.01. The molecule has 0 bridgehead atoms. The number of likely N-dealkylation sites (N-methyl/N-ethyl adjacent to an activating group) is 1. The van der Waals surface area contributed by atoms with E-state index in [9.17, 15) is 9.59 Å². The van der Waals surface area contributed by atoms with Gasteiger partial charge in [-0.05, 0) is 30.3 Å². The molecule has 4 nitrogen and oxygen atoms in total. The maximum Gasteiger partial charge on any atom is 0.255 e. The Morgan fingerprint density at radius 2 is 1.62 bits per heavy atom. The Kier molecular flexibility index (Phi) is 6.35. The number of hydrogen-bond donors (Lipinski definition) is 1. The van der Waals surface area contributed by atoms with Gasteiger partial charge in [0.1, 0.15) is 0 Å². The van der Waals surface area contributed by atoms with Crippen LogP contribution in [-0.4, -0.2) is 30.3 Å². The molecule has 0 aliphatic rings. The number of nitrogens with one attached hydrogen (secondary N) is 1. The van der Waals surface area contributed by atoms with Crippen LogP contribution < -0.4 is 5.32 Å². The summed E-state index contributed by atoms with van der Waals surface area (Å²) in [5.74, 6) is -0.844. The van der Waals surface area contributed by atoms with Crippen molar-refractivity contribution in [2.24, 2.45) is 0 Å². The van der Waals surface area contributed by atoms with Crippen LogP contribution in [0.4, 0.5) is 5.69 Å². The summed E-state index contributed by atoms with van der Waals surface area (Å²) in [5, 5.41) is 3.85. The van der Waals surface area contributed by atoms with Crippen LogP contribution >= 0.6 is 46.4 Å². The summed E-state index contributed by atoms with van der Waals surface area (Å²) in [6, 6.07) is 9.40. The molecule has 1 N–H and O–H groups in total. The van der Waals surface area contributed by atoms with E-state index in [0.29, 0.717) is 20.8 Å². The molecule has 0 radical (unpaired) electrons. The summed E-state index contributed by atoms with van der Waals surface area (Å²) in [6.07, 6.45) is 0. The summed E-state index contributed by atoms with van der Waals surface area (Å²) >= 11 is 23.8. The number of carbonyl (C=O) groups excluding carboxylic acids is 2. The lowest BCUT2D eigenvalue weighted by Gasteiger charge is -2.18. The van der Waals surface area contributed by atoms with E-state index in [-0.39, 0.29) is 17.1 Å². The van der Waals surface area contributed by atoms with Crippen LogP contribution in [0, 0.1) is 0 Å². The molecular formula is C16H12Cl4N2O2. The van der Waals surface area contributed by atoms with Crippen molar-refractivity contribution in [3.05, 3.63) is 62.1 Å². The van der Waals surface area contributed by atoms with Crippen molar-refractivity contribution < 1.29 is 9.59 Å². The highest BCUT2D eigenvalue weighted by Crippen LogP contribution is 2.29. The second-order valence-corrected chi connectivity index (χ2v) is 6.59. The molecule has 0 atom stereocenters. The van der Waals surface area contributed by atoms with Gasteiger partial charge in [0, 0.05) is 12.1 Å². The Morgan fingerprint density at radius 3 is 2.21 bits per heavy atom. The lowest BCUT2D eigenvalue weighted by molar-refractivity contribution is -0.116. The minimum Gasteiger partial charge on any atom is -0.332 e. The quantitative estimate of drug-likeness (QED) is 0.776. The molecule has 0 unspecified atom stereocenters. The van der Waals surface area contributed by atoms with Crippen molar-refractivity contribution in [3.8, 4) is 0 Å². The number of amides is 2. The molecular weight excluding hydrogens is 394 g/mol. The van der Waals surface area contributed by atoms with Crippen LogP contribution in [0.3, 0.4) is 0 Å². The summed E-state index contributed by atoms with van der Waals surface area (Å²) in [6.45, 7) is -0.195. The van der Waals surface area contributed by atoms with Crippen molar-refractivity contribution in [2.75, 3.05) is 18.9 Å². The van der Waals surface area contributed by atoms with Gasteiger partial charge in [0.25, 0.3) is 5.91 Å². The van der Waals surface area contributed by atoms with Crippen LogP contribution in [-0.2, 0) is 4.79 Å². The van der Waals surface area contributed by atoms with Crippen molar-refractivity contribution in [2.45, 2.75) is 0 Å². The van der Waals surface area contributed by atoms with Gasteiger partial charge in [0.2, 0.25) is 5.91 Å². The van der Waals surface area contributed by atoms with Crippen LogP contribution in [0.15, 0.2) is 36.4 Å². The van der Waals surface area contributed by atoms with Crippen molar-refractivity contribution >= 4 is 63.9 Å². The Labute approximate surface area is 159 Å². The van der Waals surface area contributed by atoms with E-state index < -0.39 is 11.8 Å². The third-order valence-electron chi connectivity index (χ3n) is 3.12. The fourth-order valence-corrected chi connectivity index (χ4v) is 2.93. The highest BCUT2D eigenvalue weighted by Gasteiger charge is 2.19. The fraction of sp³-hybridized carbons (Fsp3) is 0.125. The minimum absolute atomic E-state index is 0.195. The molecule has 0 spiro atoms. The average molecular weight is 406 g/mol. The molecule has 8 heteroatoms. The first kappa shape index (κ1) is 18.9. The molecule has 2 aromatic carbocycles. The van der Waals surface area contributed by atoms with Gasteiger partial charge in [-0.15, -0.1) is 0 Å². The number of nitrogens with zero attached hydrogens (tertiary/aromatic N) is 1. The van der Waals surface area contributed by atoms with Crippen LogP contribution in [0.25, 0.3) is 0 Å². The molecule has 126 valence electrons. The number of halogens is 4. The molecule has 0 saturated heterocycles. The highest BCUT2D eigenvalue weighted by molar-refractivity contribution is 6.40. The molecule has 0 heterocycles. The number of para-hydroxylation sites is 1. The topological polar surface area (TPSA) is 49.4 Å². The first-order valence-corrected chi connectivity index (χ1v) is 8.25. The van der Waals surface area contributed by atoms with E-state index in [2.05, 4.69) is 5.32 Å². The Morgan fingerprint density at radius 1 is 1.00 bits per heavy atom. The van der Waals surface area contributed by atoms with Crippen LogP contribution in [0.2, 0.25) is 20.1 Å². The summed E-state index contributed by atoms with van der Waals surface area (Å²) in [5.41, 5.74) is 0.559. The largest absolute Gasteiger partial charge is 0.332 e. The molecule has 24 heavy (non-hydrogen) atoms. The third-order valence-corrected chi connectivity index (χ3v) is 4.29. The Hall–Kier alpha value is -1.46. The molecule has 0 aliphatic carbocycles. The van der Waals surface area contributed by atoms with Gasteiger partial charge in [-0.1, -0.05) is 52.5 Å². The van der Waals surface area contributed by atoms with Gasteiger partial charge in [-0.3, -0.25) is 9.59 Å². The molecule has 2 rings (SSSR count). The number of hydrogen-bond acceptors (Lipinski definition) is 2. The zero-order valence-electron chi connectivity index (χ0n) is 12.4. The van der Waals surface area contributed by atoms with Gasteiger partial charge in [0.15, 0.2) is 0 Å². The number of rotatable bonds is 4. The Bertz CT molecular complexity index is 775. The third kappa shape index (κ3) is 4.54. The average Bonchev–Trinajstić information content (AvgIpc) is 2.50. The maximum absolute atomic E-state index is 12.4.